The van der Waals surface area contributed by atoms with Gasteiger partial charge in [0.05, 0.1) is 15.7 Å². The lowest BCUT2D eigenvalue weighted by atomic mass is 10.3. The van der Waals surface area contributed by atoms with Gasteiger partial charge in [-0.2, -0.15) is 5.10 Å². The number of nitrogen functional groups attached to an aromatic ring is 1. The summed E-state index contributed by atoms with van der Waals surface area (Å²) >= 11 is 12.1. The van der Waals surface area contributed by atoms with Crippen molar-refractivity contribution in [2.75, 3.05) is 5.73 Å². The molecule has 0 aliphatic rings. The van der Waals surface area contributed by atoms with Crippen LogP contribution in [0, 0.1) is 0 Å². The van der Waals surface area contributed by atoms with E-state index in [1.807, 2.05) is 16.9 Å². The molecular weight excluding hydrogens is 285 g/mol. The summed E-state index contributed by atoms with van der Waals surface area (Å²) in [6, 6.07) is 5.43. The quantitative estimate of drug-likeness (QED) is 0.870. The Morgan fingerprint density at radius 3 is 2.47 bits per heavy atom. The van der Waals surface area contributed by atoms with E-state index >= 15 is 0 Å². The van der Waals surface area contributed by atoms with Crippen molar-refractivity contribution in [3.8, 4) is 5.75 Å². The van der Waals surface area contributed by atoms with Crippen molar-refractivity contribution in [1.82, 2.24) is 9.78 Å². The van der Waals surface area contributed by atoms with Crippen LogP contribution in [0.15, 0.2) is 24.4 Å². The van der Waals surface area contributed by atoms with Crippen LogP contribution in [-0.2, 0) is 6.61 Å². The Bertz CT molecular complexity index is 558. The van der Waals surface area contributed by atoms with Crippen molar-refractivity contribution in [2.24, 2.45) is 0 Å². The predicted molar refractivity (Wildman–Crippen MR) is 77.8 cm³/mol. The van der Waals surface area contributed by atoms with Gasteiger partial charge in [-0.1, -0.05) is 23.2 Å². The van der Waals surface area contributed by atoms with E-state index in [4.69, 9.17) is 33.7 Å². The van der Waals surface area contributed by atoms with Gasteiger partial charge in [0, 0.05) is 17.9 Å². The average molecular weight is 300 g/mol. The van der Waals surface area contributed by atoms with Crippen molar-refractivity contribution in [2.45, 2.75) is 26.5 Å². The van der Waals surface area contributed by atoms with E-state index in [1.54, 1.807) is 12.1 Å². The van der Waals surface area contributed by atoms with Crippen LogP contribution in [0.25, 0.3) is 0 Å². The smallest absolute Gasteiger partial charge is 0.157 e. The number of nitrogens with two attached hydrogens (primary N) is 1. The maximum atomic E-state index is 6.04. The normalized spacial score (nSPS) is 11.0. The number of halogens is 2. The van der Waals surface area contributed by atoms with Crippen LogP contribution in [0.3, 0.4) is 0 Å². The molecule has 1 aromatic heterocycles. The lowest BCUT2D eigenvalue weighted by Gasteiger charge is -2.09. The molecule has 1 aromatic carbocycles. The van der Waals surface area contributed by atoms with Gasteiger partial charge in [-0.25, -0.2) is 0 Å². The molecule has 0 aliphatic heterocycles. The minimum absolute atomic E-state index is 0.309. The van der Waals surface area contributed by atoms with Crippen molar-refractivity contribution in [3.05, 3.63) is 40.1 Å². The molecule has 0 bridgehead atoms. The second-order valence-electron chi connectivity index (χ2n) is 4.48. The summed E-state index contributed by atoms with van der Waals surface area (Å²) in [6.45, 7) is 4.43. The topological polar surface area (TPSA) is 53.1 Å². The van der Waals surface area contributed by atoms with Gasteiger partial charge in [0.2, 0.25) is 0 Å². The van der Waals surface area contributed by atoms with Gasteiger partial charge < -0.3 is 10.5 Å². The van der Waals surface area contributed by atoms with E-state index in [0.29, 0.717) is 34.1 Å². The number of benzene rings is 1. The second kappa shape index (κ2) is 5.72. The molecule has 4 nitrogen and oxygen atoms in total. The van der Waals surface area contributed by atoms with Gasteiger partial charge in [0.1, 0.15) is 6.61 Å². The lowest BCUT2D eigenvalue weighted by Crippen LogP contribution is -2.03. The van der Waals surface area contributed by atoms with Gasteiger partial charge >= 0.3 is 0 Å². The highest BCUT2D eigenvalue weighted by Crippen LogP contribution is 2.35. The summed E-state index contributed by atoms with van der Waals surface area (Å²) in [5.41, 5.74) is 6.96. The zero-order valence-electron chi connectivity index (χ0n) is 10.7. The third kappa shape index (κ3) is 3.33. The van der Waals surface area contributed by atoms with Gasteiger partial charge in [0.15, 0.2) is 5.75 Å². The Balaban J connectivity index is 2.10. The van der Waals surface area contributed by atoms with Crippen LogP contribution in [0.4, 0.5) is 5.69 Å². The number of rotatable bonds is 4. The predicted octanol–water partition coefficient (Wildman–Crippen LogP) is 3.93. The molecule has 0 aliphatic carbocycles. The monoisotopic (exact) mass is 299 g/mol. The first-order valence-corrected chi connectivity index (χ1v) is 6.64. The van der Waals surface area contributed by atoms with Gasteiger partial charge in [-0.05, 0) is 32.0 Å². The Labute approximate surface area is 122 Å². The van der Waals surface area contributed by atoms with Gasteiger partial charge in [-0.15, -0.1) is 0 Å². The molecule has 0 saturated heterocycles. The third-order valence-corrected chi connectivity index (χ3v) is 3.14. The molecule has 102 valence electrons. The number of aromatic nitrogens is 2. The van der Waals surface area contributed by atoms with E-state index in [2.05, 4.69) is 18.9 Å². The summed E-state index contributed by atoms with van der Waals surface area (Å²) in [6.07, 6.45) is 1.91. The molecule has 6 heteroatoms. The molecule has 2 rings (SSSR count). The number of ether oxygens (including phenoxy) is 1. The van der Waals surface area contributed by atoms with Gasteiger partial charge in [-0.3, -0.25) is 4.68 Å². The van der Waals surface area contributed by atoms with Crippen LogP contribution in [0.1, 0.15) is 25.6 Å². The molecule has 0 radical (unpaired) electrons. The number of nitrogens with zero attached hydrogens (tertiary/aromatic N) is 2. The van der Waals surface area contributed by atoms with Crippen molar-refractivity contribution < 1.29 is 4.74 Å². The van der Waals surface area contributed by atoms with Crippen molar-refractivity contribution >= 4 is 28.9 Å². The molecular formula is C13H15Cl2N3O. The number of anilines is 1. The van der Waals surface area contributed by atoms with E-state index in [0.717, 1.165) is 5.69 Å². The maximum absolute atomic E-state index is 6.04. The Morgan fingerprint density at radius 1 is 1.32 bits per heavy atom. The fraction of sp³-hybridized carbons (Fsp3) is 0.308. The first kappa shape index (κ1) is 14.0. The number of hydrogen-bond acceptors (Lipinski definition) is 3. The zero-order chi connectivity index (χ0) is 14.0. The largest absolute Gasteiger partial charge is 0.484 e. The molecule has 0 amide bonds. The minimum atomic E-state index is 0.309. The Morgan fingerprint density at radius 2 is 1.95 bits per heavy atom. The van der Waals surface area contributed by atoms with Gasteiger partial charge in [0.25, 0.3) is 0 Å². The highest BCUT2D eigenvalue weighted by atomic mass is 35.5. The maximum Gasteiger partial charge on any atom is 0.157 e. The molecule has 0 atom stereocenters. The fourth-order valence-corrected chi connectivity index (χ4v) is 2.22. The molecule has 0 unspecified atom stereocenters. The summed E-state index contributed by atoms with van der Waals surface area (Å²) in [4.78, 5) is 0. The Hall–Kier alpha value is -1.39. The molecule has 1 heterocycles. The summed E-state index contributed by atoms with van der Waals surface area (Å²) in [7, 11) is 0. The SMILES string of the molecule is CC(C)n1ccc(COc2c(Cl)cc(N)cc2Cl)n1. The van der Waals surface area contributed by atoms with E-state index in [1.165, 1.54) is 0 Å². The molecule has 0 spiro atoms. The Kier molecular flexibility index (Phi) is 4.22. The molecule has 0 saturated carbocycles. The van der Waals surface area contributed by atoms with E-state index < -0.39 is 0 Å². The van der Waals surface area contributed by atoms with Crippen LogP contribution in [0.5, 0.6) is 5.75 Å². The lowest BCUT2D eigenvalue weighted by molar-refractivity contribution is 0.299. The van der Waals surface area contributed by atoms with Crippen LogP contribution in [0.2, 0.25) is 10.0 Å². The van der Waals surface area contributed by atoms with E-state index in [-0.39, 0.29) is 0 Å². The number of hydrogen-bond donors (Lipinski definition) is 1. The third-order valence-electron chi connectivity index (χ3n) is 2.58. The molecule has 19 heavy (non-hydrogen) atoms. The fourth-order valence-electron chi connectivity index (χ4n) is 1.61. The molecule has 2 N–H and O–H groups in total. The molecule has 0 fully saturated rings. The standard InChI is InChI=1S/C13H15Cl2N3O/c1-8(2)18-4-3-10(17-18)7-19-13-11(14)5-9(16)6-12(13)15/h3-6,8H,7,16H2,1-2H3. The first-order chi connectivity index (χ1) is 8.97. The molecule has 2 aromatic rings. The van der Waals surface area contributed by atoms with Crippen LogP contribution < -0.4 is 10.5 Å². The minimum Gasteiger partial charge on any atom is -0.484 e. The summed E-state index contributed by atoms with van der Waals surface area (Å²) in [5.74, 6) is 0.427. The van der Waals surface area contributed by atoms with Crippen LogP contribution in [-0.4, -0.2) is 9.78 Å². The summed E-state index contributed by atoms with van der Waals surface area (Å²) in [5, 5.41) is 5.18. The van der Waals surface area contributed by atoms with Crippen molar-refractivity contribution in [3.63, 3.8) is 0 Å². The summed E-state index contributed by atoms with van der Waals surface area (Å²) < 4.78 is 7.47. The van der Waals surface area contributed by atoms with Crippen LogP contribution >= 0.6 is 23.2 Å². The first-order valence-electron chi connectivity index (χ1n) is 5.88. The second-order valence-corrected chi connectivity index (χ2v) is 5.30. The highest BCUT2D eigenvalue weighted by molar-refractivity contribution is 6.37. The van der Waals surface area contributed by atoms with E-state index in [9.17, 15) is 0 Å². The highest BCUT2D eigenvalue weighted by Gasteiger charge is 2.10. The average Bonchev–Trinajstić information content (AvgIpc) is 2.76. The van der Waals surface area contributed by atoms with Crippen molar-refractivity contribution in [1.29, 1.82) is 0 Å². The zero-order valence-corrected chi connectivity index (χ0v) is 12.2.